The van der Waals surface area contributed by atoms with Crippen LogP contribution in [0.15, 0.2) is 89.9 Å². The molecular weight excluding hydrogens is 368 g/mol. The van der Waals surface area contributed by atoms with E-state index in [1.807, 2.05) is 66.7 Å². The summed E-state index contributed by atoms with van der Waals surface area (Å²) in [5, 5.41) is 25.7. The third-order valence-corrected chi connectivity index (χ3v) is 4.32. The number of para-hydroxylation sites is 1. The van der Waals surface area contributed by atoms with Gasteiger partial charge in [-0.2, -0.15) is 5.10 Å². The van der Waals surface area contributed by atoms with Gasteiger partial charge in [-0.05, 0) is 18.2 Å². The highest BCUT2D eigenvalue weighted by Gasteiger charge is 2.12. The summed E-state index contributed by atoms with van der Waals surface area (Å²) in [4.78, 5) is 14.9. The SMILES string of the molecule is O=[N+]([O-])c1ccc(O)c(C=Nc2cc(-c3ccccc3)nn2-c2ccccc2)c1. The van der Waals surface area contributed by atoms with Gasteiger partial charge in [-0.15, -0.1) is 0 Å². The maximum atomic E-state index is 11.0. The van der Waals surface area contributed by atoms with Crippen LogP contribution < -0.4 is 0 Å². The standard InChI is InChI=1S/C22H16N4O3/c27-21-12-11-19(26(28)29)13-17(21)15-23-22-14-20(16-7-3-1-4-8-16)24-25(22)18-9-5-2-6-10-18/h1-15,27H. The van der Waals surface area contributed by atoms with E-state index >= 15 is 0 Å². The lowest BCUT2D eigenvalue weighted by molar-refractivity contribution is -0.384. The topological polar surface area (TPSA) is 93.6 Å². The Bertz CT molecular complexity index is 1190. The first-order valence-corrected chi connectivity index (χ1v) is 8.84. The molecular formula is C22H16N4O3. The van der Waals surface area contributed by atoms with Crippen LogP contribution in [0.4, 0.5) is 11.5 Å². The van der Waals surface area contributed by atoms with Crippen molar-refractivity contribution in [1.29, 1.82) is 0 Å². The Hall–Kier alpha value is -4.26. The molecule has 1 heterocycles. The number of non-ortho nitro benzene ring substituents is 1. The number of aromatic nitrogens is 2. The molecule has 0 saturated heterocycles. The average molecular weight is 384 g/mol. The van der Waals surface area contributed by atoms with E-state index in [4.69, 9.17) is 0 Å². The highest BCUT2D eigenvalue weighted by molar-refractivity contribution is 5.86. The fourth-order valence-corrected chi connectivity index (χ4v) is 2.87. The van der Waals surface area contributed by atoms with Crippen LogP contribution in [0.3, 0.4) is 0 Å². The Morgan fingerprint density at radius 3 is 2.34 bits per heavy atom. The third kappa shape index (κ3) is 3.89. The molecule has 1 N–H and O–H groups in total. The molecule has 3 aromatic carbocycles. The van der Waals surface area contributed by atoms with E-state index in [9.17, 15) is 15.2 Å². The number of nitro groups is 1. The van der Waals surface area contributed by atoms with Crippen molar-refractivity contribution in [3.05, 3.63) is 101 Å². The van der Waals surface area contributed by atoms with Crippen molar-refractivity contribution >= 4 is 17.7 Å². The van der Waals surface area contributed by atoms with Crippen molar-refractivity contribution in [1.82, 2.24) is 9.78 Å². The number of hydrogen-bond donors (Lipinski definition) is 1. The van der Waals surface area contributed by atoms with E-state index in [1.54, 1.807) is 4.68 Å². The van der Waals surface area contributed by atoms with Crippen molar-refractivity contribution < 1.29 is 10.0 Å². The molecule has 0 radical (unpaired) electrons. The van der Waals surface area contributed by atoms with Gasteiger partial charge in [0.25, 0.3) is 5.69 Å². The molecule has 0 bridgehead atoms. The highest BCUT2D eigenvalue weighted by Crippen LogP contribution is 2.27. The average Bonchev–Trinajstić information content (AvgIpc) is 3.18. The summed E-state index contributed by atoms with van der Waals surface area (Å²) in [6.07, 6.45) is 1.40. The maximum Gasteiger partial charge on any atom is 0.270 e. The van der Waals surface area contributed by atoms with Gasteiger partial charge in [0.1, 0.15) is 5.75 Å². The van der Waals surface area contributed by atoms with Gasteiger partial charge in [0.15, 0.2) is 5.82 Å². The fourth-order valence-electron chi connectivity index (χ4n) is 2.87. The first-order chi connectivity index (χ1) is 14.1. The van der Waals surface area contributed by atoms with Crippen molar-refractivity contribution in [2.24, 2.45) is 4.99 Å². The zero-order chi connectivity index (χ0) is 20.2. The molecule has 1 aromatic heterocycles. The Morgan fingerprint density at radius 1 is 0.966 bits per heavy atom. The normalized spacial score (nSPS) is 11.0. The lowest BCUT2D eigenvalue weighted by Crippen LogP contribution is -1.96. The van der Waals surface area contributed by atoms with Crippen molar-refractivity contribution in [3.63, 3.8) is 0 Å². The third-order valence-electron chi connectivity index (χ3n) is 4.32. The molecule has 4 aromatic rings. The zero-order valence-corrected chi connectivity index (χ0v) is 15.2. The minimum absolute atomic E-state index is 0.0894. The number of hydrogen-bond acceptors (Lipinski definition) is 5. The minimum Gasteiger partial charge on any atom is -0.507 e. The number of nitro benzene ring substituents is 1. The summed E-state index contributed by atoms with van der Waals surface area (Å²) in [6.45, 7) is 0. The molecule has 0 fully saturated rings. The van der Waals surface area contributed by atoms with E-state index < -0.39 is 4.92 Å². The first-order valence-electron chi connectivity index (χ1n) is 8.84. The van der Waals surface area contributed by atoms with Crippen molar-refractivity contribution in [2.45, 2.75) is 0 Å². The van der Waals surface area contributed by atoms with Gasteiger partial charge >= 0.3 is 0 Å². The Kier molecular flexibility index (Phi) is 4.86. The number of aromatic hydroxyl groups is 1. The summed E-state index contributed by atoms with van der Waals surface area (Å²) < 4.78 is 1.69. The number of phenols is 1. The summed E-state index contributed by atoms with van der Waals surface area (Å²) in [6, 6.07) is 24.9. The van der Waals surface area contributed by atoms with Crippen LogP contribution in [0.2, 0.25) is 0 Å². The largest absolute Gasteiger partial charge is 0.507 e. The quantitative estimate of drug-likeness (QED) is 0.301. The fraction of sp³-hybridized carbons (Fsp3) is 0. The monoisotopic (exact) mass is 384 g/mol. The van der Waals surface area contributed by atoms with Gasteiger partial charge < -0.3 is 5.11 Å². The highest BCUT2D eigenvalue weighted by atomic mass is 16.6. The lowest BCUT2D eigenvalue weighted by atomic mass is 10.1. The Morgan fingerprint density at radius 2 is 1.66 bits per heavy atom. The molecule has 0 aliphatic rings. The summed E-state index contributed by atoms with van der Waals surface area (Å²) in [5.41, 5.74) is 2.64. The van der Waals surface area contributed by atoms with Gasteiger partial charge in [-0.25, -0.2) is 9.67 Å². The number of rotatable bonds is 5. The molecule has 0 amide bonds. The maximum absolute atomic E-state index is 11.0. The molecule has 29 heavy (non-hydrogen) atoms. The van der Waals surface area contributed by atoms with E-state index in [0.717, 1.165) is 16.9 Å². The number of aliphatic imine (C=N–C) groups is 1. The van der Waals surface area contributed by atoms with Crippen LogP contribution in [0.25, 0.3) is 16.9 Å². The Balaban J connectivity index is 1.79. The number of phenolic OH excluding ortho intramolecular Hbond substituents is 1. The molecule has 0 atom stereocenters. The van der Waals surface area contributed by atoms with Gasteiger partial charge in [0.05, 0.1) is 16.3 Å². The zero-order valence-electron chi connectivity index (χ0n) is 15.2. The van der Waals surface area contributed by atoms with E-state index in [2.05, 4.69) is 10.1 Å². The van der Waals surface area contributed by atoms with Crippen LogP contribution in [-0.2, 0) is 0 Å². The summed E-state index contributed by atoms with van der Waals surface area (Å²) in [5.74, 6) is 0.439. The number of benzene rings is 3. The lowest BCUT2D eigenvalue weighted by Gasteiger charge is -2.04. The van der Waals surface area contributed by atoms with Crippen LogP contribution >= 0.6 is 0 Å². The summed E-state index contributed by atoms with van der Waals surface area (Å²) in [7, 11) is 0. The second-order valence-corrected chi connectivity index (χ2v) is 6.26. The van der Waals surface area contributed by atoms with E-state index in [0.29, 0.717) is 5.82 Å². The number of nitrogens with zero attached hydrogens (tertiary/aromatic N) is 4. The molecule has 7 nitrogen and oxygen atoms in total. The molecule has 0 unspecified atom stereocenters. The van der Waals surface area contributed by atoms with Crippen molar-refractivity contribution in [3.8, 4) is 22.7 Å². The predicted molar refractivity (Wildman–Crippen MR) is 111 cm³/mol. The molecule has 4 rings (SSSR count). The van der Waals surface area contributed by atoms with Crippen LogP contribution in [0, 0.1) is 10.1 Å². The molecule has 0 aliphatic carbocycles. The van der Waals surface area contributed by atoms with Gasteiger partial charge in [-0.3, -0.25) is 10.1 Å². The van der Waals surface area contributed by atoms with Crippen LogP contribution in [0.1, 0.15) is 5.56 Å². The molecule has 0 spiro atoms. The van der Waals surface area contributed by atoms with Crippen LogP contribution in [-0.4, -0.2) is 26.0 Å². The van der Waals surface area contributed by atoms with E-state index in [-0.39, 0.29) is 17.0 Å². The smallest absolute Gasteiger partial charge is 0.270 e. The molecule has 0 saturated carbocycles. The molecule has 0 aliphatic heterocycles. The minimum atomic E-state index is -0.515. The van der Waals surface area contributed by atoms with Crippen molar-refractivity contribution in [2.75, 3.05) is 0 Å². The second kappa shape index (κ2) is 7.77. The van der Waals surface area contributed by atoms with E-state index in [1.165, 1.54) is 24.4 Å². The molecule has 7 heteroatoms. The summed E-state index contributed by atoms with van der Waals surface area (Å²) >= 11 is 0. The molecule has 142 valence electrons. The van der Waals surface area contributed by atoms with Gasteiger partial charge in [-0.1, -0.05) is 48.5 Å². The predicted octanol–water partition coefficient (Wildman–Crippen LogP) is 4.90. The second-order valence-electron chi connectivity index (χ2n) is 6.26. The van der Waals surface area contributed by atoms with Crippen LogP contribution in [0.5, 0.6) is 5.75 Å². The van der Waals surface area contributed by atoms with Gasteiger partial charge in [0, 0.05) is 35.5 Å². The first kappa shape index (κ1) is 18.1. The van der Waals surface area contributed by atoms with Gasteiger partial charge in [0.2, 0.25) is 0 Å². The Labute approximate surface area is 166 Å².